The molecule has 18 heavy (non-hydrogen) atoms. The largest absolute Gasteiger partial charge is 0.313 e. The summed E-state index contributed by atoms with van der Waals surface area (Å²) >= 11 is 0. The lowest BCUT2D eigenvalue weighted by Crippen LogP contribution is -2.48. The third-order valence-electron chi connectivity index (χ3n) is 4.02. The molecule has 108 valence electrons. The Bertz CT molecular complexity index is 255. The first-order valence-corrected chi connectivity index (χ1v) is 9.00. The first-order chi connectivity index (χ1) is 8.60. The Morgan fingerprint density at radius 3 is 2.50 bits per heavy atom. The molecule has 0 spiro atoms. The van der Waals surface area contributed by atoms with Crippen LogP contribution in [0, 0.1) is 5.92 Å². The fraction of sp³-hybridized carbons (Fsp3) is 1.00. The summed E-state index contributed by atoms with van der Waals surface area (Å²) in [4.78, 5) is 0. The number of hydrogen-bond donors (Lipinski definition) is 1. The lowest BCUT2D eigenvalue weighted by atomic mass is 9.83. The van der Waals surface area contributed by atoms with Crippen LogP contribution in [-0.4, -0.2) is 27.3 Å². The van der Waals surface area contributed by atoms with Crippen molar-refractivity contribution in [2.45, 2.75) is 82.8 Å². The molecule has 1 aliphatic carbocycles. The molecule has 0 aromatic rings. The van der Waals surface area contributed by atoms with E-state index in [2.05, 4.69) is 33.0 Å². The third-order valence-corrected chi connectivity index (χ3v) is 6.06. The van der Waals surface area contributed by atoms with E-state index in [-0.39, 0.29) is 0 Å². The molecular weight excluding hydrogens is 242 g/mol. The second-order valence-corrected chi connectivity index (χ2v) is 8.15. The van der Waals surface area contributed by atoms with Crippen LogP contribution in [0.25, 0.3) is 0 Å². The van der Waals surface area contributed by atoms with Crippen LogP contribution in [0.3, 0.4) is 0 Å². The predicted octanol–water partition coefficient (Wildman–Crippen LogP) is 3.48. The summed E-state index contributed by atoms with van der Waals surface area (Å²) in [7, 11) is -0.679. The molecule has 4 unspecified atom stereocenters. The molecule has 0 aromatic heterocycles. The molecule has 0 aromatic carbocycles. The van der Waals surface area contributed by atoms with Crippen LogP contribution >= 0.6 is 0 Å². The molecule has 0 heterocycles. The van der Waals surface area contributed by atoms with E-state index < -0.39 is 10.8 Å². The second-order valence-electron chi connectivity index (χ2n) is 5.94. The number of nitrogens with one attached hydrogen (secondary N) is 1. The highest BCUT2D eigenvalue weighted by Crippen LogP contribution is 2.32. The molecule has 1 fully saturated rings. The highest BCUT2D eigenvalue weighted by molar-refractivity contribution is 7.86. The van der Waals surface area contributed by atoms with Gasteiger partial charge in [0.1, 0.15) is 0 Å². The van der Waals surface area contributed by atoms with E-state index in [4.69, 9.17) is 0 Å². The van der Waals surface area contributed by atoms with E-state index in [9.17, 15) is 4.21 Å². The van der Waals surface area contributed by atoms with E-state index in [1.54, 1.807) is 0 Å². The van der Waals surface area contributed by atoms with E-state index >= 15 is 0 Å². The standard InChI is InChI=1S/C15H31NOS/c1-5-7-13-8-9-14(16-10-6-2)15(11-13)18(17)12(3)4/h12-16H,5-11H2,1-4H3. The maximum atomic E-state index is 12.5. The van der Waals surface area contributed by atoms with Crippen molar-refractivity contribution in [2.24, 2.45) is 5.92 Å². The highest BCUT2D eigenvalue weighted by atomic mass is 32.2. The molecule has 1 N–H and O–H groups in total. The van der Waals surface area contributed by atoms with Crippen molar-refractivity contribution in [2.75, 3.05) is 6.54 Å². The van der Waals surface area contributed by atoms with Gasteiger partial charge >= 0.3 is 0 Å². The molecule has 0 radical (unpaired) electrons. The molecule has 1 rings (SSSR count). The van der Waals surface area contributed by atoms with E-state index in [0.717, 1.165) is 18.9 Å². The van der Waals surface area contributed by atoms with Gasteiger partial charge in [0.25, 0.3) is 0 Å². The van der Waals surface area contributed by atoms with Crippen LogP contribution in [0.4, 0.5) is 0 Å². The Kier molecular flexibility index (Phi) is 7.47. The summed E-state index contributed by atoms with van der Waals surface area (Å²) in [5.74, 6) is 0.808. The molecule has 0 aliphatic heterocycles. The van der Waals surface area contributed by atoms with E-state index in [1.165, 1.54) is 32.1 Å². The topological polar surface area (TPSA) is 29.1 Å². The zero-order valence-corrected chi connectivity index (χ0v) is 13.4. The molecule has 3 heteroatoms. The summed E-state index contributed by atoms with van der Waals surface area (Å²) in [6.45, 7) is 9.71. The van der Waals surface area contributed by atoms with Gasteiger partial charge < -0.3 is 5.32 Å². The predicted molar refractivity (Wildman–Crippen MR) is 81.4 cm³/mol. The van der Waals surface area contributed by atoms with Gasteiger partial charge in [0, 0.05) is 22.1 Å². The summed E-state index contributed by atoms with van der Waals surface area (Å²) in [6, 6.07) is 0.487. The second kappa shape index (κ2) is 8.31. The maximum absolute atomic E-state index is 12.5. The minimum Gasteiger partial charge on any atom is -0.313 e. The summed E-state index contributed by atoms with van der Waals surface area (Å²) in [5.41, 5.74) is 0. The molecule has 0 amide bonds. The lowest BCUT2D eigenvalue weighted by molar-refractivity contribution is 0.283. The van der Waals surface area contributed by atoms with Crippen molar-refractivity contribution in [3.05, 3.63) is 0 Å². The number of hydrogen-bond acceptors (Lipinski definition) is 2. The quantitative estimate of drug-likeness (QED) is 0.769. The maximum Gasteiger partial charge on any atom is 0.0506 e. The van der Waals surface area contributed by atoms with Gasteiger partial charge in [-0.2, -0.15) is 0 Å². The SMILES string of the molecule is CCCNC1CCC(CCC)CC1S(=O)C(C)C. The monoisotopic (exact) mass is 273 g/mol. The van der Waals surface area contributed by atoms with Crippen LogP contribution in [0.2, 0.25) is 0 Å². The third kappa shape index (κ3) is 4.65. The average Bonchev–Trinajstić information content (AvgIpc) is 2.36. The molecule has 1 saturated carbocycles. The van der Waals surface area contributed by atoms with Crippen LogP contribution in [0.15, 0.2) is 0 Å². The summed E-state index contributed by atoms with van der Waals surface area (Å²) < 4.78 is 12.5. The van der Waals surface area contributed by atoms with Gasteiger partial charge in [-0.1, -0.05) is 40.5 Å². The van der Waals surface area contributed by atoms with E-state index in [1.807, 2.05) is 0 Å². The van der Waals surface area contributed by atoms with Gasteiger partial charge in [0.05, 0.1) is 5.25 Å². The number of rotatable bonds is 7. The Balaban J connectivity index is 2.63. The van der Waals surface area contributed by atoms with Crippen molar-refractivity contribution in [1.82, 2.24) is 5.32 Å². The first kappa shape index (κ1) is 16.2. The van der Waals surface area contributed by atoms with Crippen LogP contribution in [-0.2, 0) is 10.8 Å². The van der Waals surface area contributed by atoms with Gasteiger partial charge in [-0.15, -0.1) is 0 Å². The Labute approximate surface area is 116 Å². The van der Waals surface area contributed by atoms with Crippen LogP contribution in [0.1, 0.15) is 66.2 Å². The zero-order chi connectivity index (χ0) is 13.5. The Morgan fingerprint density at radius 2 is 1.94 bits per heavy atom. The van der Waals surface area contributed by atoms with Crippen molar-refractivity contribution in [3.63, 3.8) is 0 Å². The Morgan fingerprint density at radius 1 is 1.22 bits per heavy atom. The minimum atomic E-state index is -0.679. The fourth-order valence-electron chi connectivity index (χ4n) is 3.05. The Hall–Kier alpha value is 0.110. The fourth-order valence-corrected chi connectivity index (χ4v) is 4.77. The summed E-state index contributed by atoms with van der Waals surface area (Å²) in [6.07, 6.45) is 7.44. The zero-order valence-electron chi connectivity index (χ0n) is 12.6. The van der Waals surface area contributed by atoms with Crippen molar-refractivity contribution in [1.29, 1.82) is 0 Å². The average molecular weight is 273 g/mol. The normalized spacial score (nSPS) is 30.6. The van der Waals surface area contributed by atoms with Crippen LogP contribution in [0.5, 0.6) is 0 Å². The van der Waals surface area contributed by atoms with Crippen molar-refractivity contribution >= 4 is 10.8 Å². The first-order valence-electron chi connectivity index (χ1n) is 7.72. The molecule has 2 nitrogen and oxygen atoms in total. The molecule has 0 bridgehead atoms. The smallest absolute Gasteiger partial charge is 0.0506 e. The van der Waals surface area contributed by atoms with Gasteiger partial charge in [-0.05, 0) is 38.1 Å². The molecule has 0 saturated heterocycles. The lowest BCUT2D eigenvalue weighted by Gasteiger charge is -2.37. The molecule has 4 atom stereocenters. The summed E-state index contributed by atoms with van der Waals surface area (Å²) in [5, 5.41) is 4.30. The van der Waals surface area contributed by atoms with Crippen molar-refractivity contribution in [3.8, 4) is 0 Å². The van der Waals surface area contributed by atoms with Gasteiger partial charge in [-0.3, -0.25) is 4.21 Å². The van der Waals surface area contributed by atoms with Gasteiger partial charge in [-0.25, -0.2) is 0 Å². The minimum absolute atomic E-state index is 0.293. The van der Waals surface area contributed by atoms with Gasteiger partial charge in [0.15, 0.2) is 0 Å². The van der Waals surface area contributed by atoms with E-state index in [0.29, 0.717) is 16.5 Å². The van der Waals surface area contributed by atoms with Gasteiger partial charge in [0.2, 0.25) is 0 Å². The van der Waals surface area contributed by atoms with Crippen molar-refractivity contribution < 1.29 is 4.21 Å². The molecular formula is C15H31NOS. The molecule has 1 aliphatic rings. The van der Waals surface area contributed by atoms with Crippen LogP contribution < -0.4 is 5.32 Å². The highest BCUT2D eigenvalue weighted by Gasteiger charge is 2.34.